The van der Waals surface area contributed by atoms with Crippen molar-refractivity contribution in [2.45, 2.75) is 19.5 Å². The van der Waals surface area contributed by atoms with Crippen molar-refractivity contribution in [1.82, 2.24) is 15.5 Å². The molecule has 1 aromatic carbocycles. The van der Waals surface area contributed by atoms with Crippen LogP contribution < -0.4 is 16.4 Å². The first-order valence-electron chi connectivity index (χ1n) is 6.03. The number of benzene rings is 1. The van der Waals surface area contributed by atoms with Crippen molar-refractivity contribution in [2.24, 2.45) is 5.73 Å². The highest BCUT2D eigenvalue weighted by atomic mass is 16.2. The van der Waals surface area contributed by atoms with Crippen molar-refractivity contribution < 1.29 is 4.79 Å². The summed E-state index contributed by atoms with van der Waals surface area (Å²) >= 11 is 0. The molecule has 0 saturated heterocycles. The lowest BCUT2D eigenvalue weighted by molar-refractivity contribution is 0.251. The fourth-order valence-electron chi connectivity index (χ4n) is 1.60. The summed E-state index contributed by atoms with van der Waals surface area (Å²) in [4.78, 5) is 11.6. The SMILES string of the molecule is CC(N)c1ccc(NC(=O)NCc2cn[nH]c2)cc1. The number of aromatic nitrogens is 2. The first-order valence-corrected chi connectivity index (χ1v) is 6.03. The van der Waals surface area contributed by atoms with Gasteiger partial charge in [-0.3, -0.25) is 5.10 Å². The van der Waals surface area contributed by atoms with Gasteiger partial charge in [-0.15, -0.1) is 0 Å². The van der Waals surface area contributed by atoms with Gasteiger partial charge in [0.25, 0.3) is 0 Å². The van der Waals surface area contributed by atoms with Gasteiger partial charge in [-0.1, -0.05) is 12.1 Å². The van der Waals surface area contributed by atoms with Crippen LogP contribution in [0.3, 0.4) is 0 Å². The van der Waals surface area contributed by atoms with Gasteiger partial charge in [0.15, 0.2) is 0 Å². The zero-order chi connectivity index (χ0) is 13.7. The molecule has 2 amide bonds. The smallest absolute Gasteiger partial charge is 0.319 e. The summed E-state index contributed by atoms with van der Waals surface area (Å²) in [7, 11) is 0. The Labute approximate surface area is 111 Å². The lowest BCUT2D eigenvalue weighted by Crippen LogP contribution is -2.28. The van der Waals surface area contributed by atoms with E-state index in [2.05, 4.69) is 20.8 Å². The molecular weight excluding hydrogens is 242 g/mol. The molecule has 0 spiro atoms. The van der Waals surface area contributed by atoms with Crippen LogP contribution in [-0.2, 0) is 6.54 Å². The maximum Gasteiger partial charge on any atom is 0.319 e. The van der Waals surface area contributed by atoms with Gasteiger partial charge in [0.05, 0.1) is 6.20 Å². The average molecular weight is 259 g/mol. The van der Waals surface area contributed by atoms with E-state index in [1.165, 1.54) is 0 Å². The van der Waals surface area contributed by atoms with E-state index >= 15 is 0 Å². The first-order chi connectivity index (χ1) is 9.15. The number of carbonyl (C=O) groups is 1. The largest absolute Gasteiger partial charge is 0.334 e. The second-order valence-electron chi connectivity index (χ2n) is 4.32. The van der Waals surface area contributed by atoms with Crippen LogP contribution in [0.25, 0.3) is 0 Å². The minimum atomic E-state index is -0.255. The molecule has 1 unspecified atom stereocenters. The number of urea groups is 1. The Bertz CT molecular complexity index is 518. The van der Waals surface area contributed by atoms with Crippen LogP contribution in [0.1, 0.15) is 24.1 Å². The van der Waals surface area contributed by atoms with Crippen molar-refractivity contribution in [1.29, 1.82) is 0 Å². The van der Waals surface area contributed by atoms with Crippen LogP contribution in [0.4, 0.5) is 10.5 Å². The third-order valence-electron chi connectivity index (χ3n) is 2.70. The monoisotopic (exact) mass is 259 g/mol. The van der Waals surface area contributed by atoms with Gasteiger partial charge in [-0.25, -0.2) is 4.79 Å². The predicted octanol–water partition coefficient (Wildman–Crippen LogP) is 1.75. The standard InChI is InChI=1S/C13H17N5O/c1-9(14)11-2-4-12(5-3-11)18-13(19)15-6-10-7-16-17-8-10/h2-5,7-9H,6,14H2,1H3,(H,16,17)(H2,15,18,19). The summed E-state index contributed by atoms with van der Waals surface area (Å²) in [5.74, 6) is 0. The Hall–Kier alpha value is -2.34. The molecule has 6 heteroatoms. The van der Waals surface area contributed by atoms with Gasteiger partial charge in [-0.2, -0.15) is 5.10 Å². The first kappa shape index (κ1) is 13.1. The molecule has 1 aromatic heterocycles. The minimum absolute atomic E-state index is 0.0102. The molecule has 6 nitrogen and oxygen atoms in total. The third kappa shape index (κ3) is 3.82. The van der Waals surface area contributed by atoms with Crippen LogP contribution >= 0.6 is 0 Å². The number of amides is 2. The predicted molar refractivity (Wildman–Crippen MR) is 73.5 cm³/mol. The zero-order valence-corrected chi connectivity index (χ0v) is 10.7. The average Bonchev–Trinajstić information content (AvgIpc) is 2.90. The Morgan fingerprint density at radius 3 is 2.74 bits per heavy atom. The van der Waals surface area contributed by atoms with Gasteiger partial charge >= 0.3 is 6.03 Å². The number of anilines is 1. The van der Waals surface area contributed by atoms with Crippen LogP contribution in [-0.4, -0.2) is 16.2 Å². The van der Waals surface area contributed by atoms with Crippen molar-refractivity contribution in [3.05, 3.63) is 47.8 Å². The van der Waals surface area contributed by atoms with Crippen molar-refractivity contribution >= 4 is 11.7 Å². The lowest BCUT2D eigenvalue weighted by atomic mass is 10.1. The summed E-state index contributed by atoms with van der Waals surface area (Å²) in [5.41, 5.74) is 8.44. The molecule has 2 aromatic rings. The molecule has 0 fully saturated rings. The third-order valence-corrected chi connectivity index (χ3v) is 2.70. The van der Waals surface area contributed by atoms with Crippen LogP contribution in [0.15, 0.2) is 36.7 Å². The molecule has 5 N–H and O–H groups in total. The molecule has 2 rings (SSSR count). The van der Waals surface area contributed by atoms with E-state index in [9.17, 15) is 4.79 Å². The molecule has 0 aliphatic rings. The number of nitrogens with one attached hydrogen (secondary N) is 3. The molecule has 0 bridgehead atoms. The molecule has 1 atom stereocenters. The van der Waals surface area contributed by atoms with E-state index in [1.54, 1.807) is 12.4 Å². The van der Waals surface area contributed by atoms with Gasteiger partial charge in [-0.05, 0) is 24.6 Å². The van der Waals surface area contributed by atoms with Gasteiger partial charge in [0.1, 0.15) is 0 Å². The molecule has 1 heterocycles. The second-order valence-corrected chi connectivity index (χ2v) is 4.32. The maximum absolute atomic E-state index is 11.6. The topological polar surface area (TPSA) is 95.8 Å². The molecule has 100 valence electrons. The van der Waals surface area contributed by atoms with Crippen molar-refractivity contribution in [2.75, 3.05) is 5.32 Å². The summed E-state index contributed by atoms with van der Waals surface area (Å²) in [6, 6.07) is 7.19. The van der Waals surface area contributed by atoms with Crippen LogP contribution in [0.2, 0.25) is 0 Å². The molecule has 0 saturated carbocycles. The Kier molecular flexibility index (Phi) is 4.15. The highest BCUT2D eigenvalue weighted by molar-refractivity contribution is 5.89. The van der Waals surface area contributed by atoms with Crippen LogP contribution in [0.5, 0.6) is 0 Å². The molecule has 19 heavy (non-hydrogen) atoms. The van der Waals surface area contributed by atoms with E-state index in [0.717, 1.165) is 16.8 Å². The minimum Gasteiger partial charge on any atom is -0.334 e. The maximum atomic E-state index is 11.6. The zero-order valence-electron chi connectivity index (χ0n) is 10.7. The fraction of sp³-hybridized carbons (Fsp3) is 0.231. The number of hydrogen-bond acceptors (Lipinski definition) is 3. The summed E-state index contributed by atoms with van der Waals surface area (Å²) in [6.45, 7) is 2.35. The van der Waals surface area contributed by atoms with Crippen molar-refractivity contribution in [3.8, 4) is 0 Å². The second kappa shape index (κ2) is 6.01. The van der Waals surface area contributed by atoms with Crippen molar-refractivity contribution in [3.63, 3.8) is 0 Å². The summed E-state index contributed by atoms with van der Waals surface area (Å²) in [5, 5.41) is 12.0. The number of nitrogens with two attached hydrogens (primary N) is 1. The molecule has 0 radical (unpaired) electrons. The number of H-pyrrole nitrogens is 1. The van der Waals surface area contributed by atoms with Gasteiger partial charge in [0.2, 0.25) is 0 Å². The summed E-state index contributed by atoms with van der Waals surface area (Å²) in [6.07, 6.45) is 3.40. The van der Waals surface area contributed by atoms with E-state index in [-0.39, 0.29) is 12.1 Å². The summed E-state index contributed by atoms with van der Waals surface area (Å²) < 4.78 is 0. The quantitative estimate of drug-likeness (QED) is 0.673. The Balaban J connectivity index is 1.84. The van der Waals surface area contributed by atoms with E-state index in [0.29, 0.717) is 6.54 Å². The molecule has 0 aliphatic heterocycles. The number of rotatable bonds is 4. The number of hydrogen-bond donors (Lipinski definition) is 4. The molecular formula is C13H17N5O. The Morgan fingerprint density at radius 1 is 1.42 bits per heavy atom. The van der Waals surface area contributed by atoms with Gasteiger partial charge in [0, 0.05) is 30.0 Å². The highest BCUT2D eigenvalue weighted by Crippen LogP contribution is 2.13. The normalized spacial score (nSPS) is 11.9. The van der Waals surface area contributed by atoms with Gasteiger partial charge < -0.3 is 16.4 Å². The molecule has 0 aliphatic carbocycles. The Morgan fingerprint density at radius 2 is 2.16 bits per heavy atom. The van der Waals surface area contributed by atoms with E-state index < -0.39 is 0 Å². The number of nitrogens with zero attached hydrogens (tertiary/aromatic N) is 1. The van der Waals surface area contributed by atoms with E-state index in [1.807, 2.05) is 31.2 Å². The highest BCUT2D eigenvalue weighted by Gasteiger charge is 2.03. The lowest BCUT2D eigenvalue weighted by Gasteiger charge is -2.09. The number of carbonyl (C=O) groups excluding carboxylic acids is 1. The number of aromatic amines is 1. The van der Waals surface area contributed by atoms with Crippen LogP contribution in [0, 0.1) is 0 Å². The fourth-order valence-corrected chi connectivity index (χ4v) is 1.60. The van der Waals surface area contributed by atoms with E-state index in [4.69, 9.17) is 5.73 Å².